The van der Waals surface area contributed by atoms with Crippen molar-refractivity contribution in [3.8, 4) is 0 Å². The summed E-state index contributed by atoms with van der Waals surface area (Å²) in [6.45, 7) is 7.29. The first-order valence-corrected chi connectivity index (χ1v) is 11.2. The Balaban J connectivity index is 1.85. The summed E-state index contributed by atoms with van der Waals surface area (Å²) in [6.07, 6.45) is 10.1. The fourth-order valence-corrected chi connectivity index (χ4v) is 5.25. The van der Waals surface area contributed by atoms with Gasteiger partial charge in [-0.3, -0.25) is 0 Å². The molecule has 0 radical (unpaired) electrons. The summed E-state index contributed by atoms with van der Waals surface area (Å²) in [7, 11) is -1.10. The second-order valence-electron chi connectivity index (χ2n) is 7.28. The van der Waals surface area contributed by atoms with E-state index in [1.54, 1.807) is 16.7 Å². The number of ether oxygens (including phenoxy) is 1. The zero-order valence-electron chi connectivity index (χ0n) is 12.1. The van der Waals surface area contributed by atoms with Crippen LogP contribution in [-0.4, -0.2) is 20.3 Å². The van der Waals surface area contributed by atoms with Gasteiger partial charge in [0.2, 0.25) is 0 Å². The molecule has 0 saturated carbocycles. The zero-order valence-corrected chi connectivity index (χ0v) is 13.1. The van der Waals surface area contributed by atoms with Gasteiger partial charge in [0.15, 0.2) is 0 Å². The molecule has 0 N–H and O–H groups in total. The molecule has 0 amide bonds. The molecule has 0 aromatic rings. The third-order valence-electron chi connectivity index (χ3n) is 4.50. The van der Waals surface area contributed by atoms with Gasteiger partial charge in [-0.1, -0.05) is 30.9 Å². The molecular formula is C16H26OSi. The molecule has 0 unspecified atom stereocenters. The van der Waals surface area contributed by atoms with Gasteiger partial charge in [0.05, 0.1) is 20.3 Å². The van der Waals surface area contributed by atoms with Crippen molar-refractivity contribution in [1.29, 1.82) is 0 Å². The highest BCUT2D eigenvalue weighted by atomic mass is 28.3. The van der Waals surface area contributed by atoms with Gasteiger partial charge in [-0.15, -0.1) is 0 Å². The Labute approximate surface area is 112 Å². The molecular weight excluding hydrogens is 236 g/mol. The topological polar surface area (TPSA) is 9.23 Å². The Morgan fingerprint density at radius 2 is 1.83 bits per heavy atom. The van der Waals surface area contributed by atoms with Crippen LogP contribution in [0.15, 0.2) is 22.4 Å². The Morgan fingerprint density at radius 3 is 2.61 bits per heavy atom. The van der Waals surface area contributed by atoms with E-state index in [-0.39, 0.29) is 0 Å². The van der Waals surface area contributed by atoms with Crippen molar-refractivity contribution < 1.29 is 4.74 Å². The predicted molar refractivity (Wildman–Crippen MR) is 79.4 cm³/mol. The minimum atomic E-state index is -1.10. The number of hydrogen-bond acceptors (Lipinski definition) is 1. The second kappa shape index (κ2) is 4.64. The highest BCUT2D eigenvalue weighted by molar-refractivity contribution is 6.81. The Bertz CT molecular complexity index is 400. The third kappa shape index (κ3) is 2.50. The molecule has 3 aliphatic rings. The normalized spacial score (nSPS) is 34.7. The second-order valence-corrected chi connectivity index (χ2v) is 12.3. The largest absolute Gasteiger partial charge is 0.366 e. The smallest absolute Gasteiger partial charge is 0.0826 e. The van der Waals surface area contributed by atoms with E-state index < -0.39 is 8.07 Å². The van der Waals surface area contributed by atoms with Crippen LogP contribution in [0.4, 0.5) is 0 Å². The van der Waals surface area contributed by atoms with Crippen molar-refractivity contribution in [2.24, 2.45) is 0 Å². The quantitative estimate of drug-likeness (QED) is 0.495. The van der Waals surface area contributed by atoms with Crippen LogP contribution >= 0.6 is 0 Å². The first kappa shape index (κ1) is 12.7. The van der Waals surface area contributed by atoms with E-state index in [2.05, 4.69) is 25.3 Å². The maximum atomic E-state index is 6.35. The van der Waals surface area contributed by atoms with Crippen molar-refractivity contribution >= 4 is 8.07 Å². The fourth-order valence-electron chi connectivity index (χ4n) is 3.81. The standard InChI is InChI=1S/C16H26OSi/c1-18(2,3)11-13-8-9-15-14-7-5-4-6-12(14)10-16(13)17-15/h11,15-16H,4-10H2,1-3H3/b13-11+/t15-,16-/m0/s1. The first-order chi connectivity index (χ1) is 8.53. The van der Waals surface area contributed by atoms with E-state index in [0.29, 0.717) is 12.2 Å². The summed E-state index contributed by atoms with van der Waals surface area (Å²) < 4.78 is 6.35. The minimum Gasteiger partial charge on any atom is -0.366 e. The SMILES string of the molecule is C[Si](C)(C)/C=C1\CC[C@@H]2O[C@H]1CC1=C2CCCC1. The average molecular weight is 262 g/mol. The van der Waals surface area contributed by atoms with Crippen LogP contribution in [0.1, 0.15) is 44.9 Å². The molecule has 1 saturated heterocycles. The highest BCUT2D eigenvalue weighted by Crippen LogP contribution is 2.43. The van der Waals surface area contributed by atoms with Crippen molar-refractivity contribution in [1.82, 2.24) is 0 Å². The van der Waals surface area contributed by atoms with E-state index in [1.165, 1.54) is 44.9 Å². The molecule has 3 rings (SSSR count). The Hall–Kier alpha value is -0.343. The van der Waals surface area contributed by atoms with E-state index >= 15 is 0 Å². The van der Waals surface area contributed by atoms with Crippen LogP contribution < -0.4 is 0 Å². The number of hydrogen-bond donors (Lipinski definition) is 0. The average Bonchev–Trinajstić information content (AvgIpc) is 2.31. The van der Waals surface area contributed by atoms with Crippen molar-refractivity contribution in [3.63, 3.8) is 0 Å². The van der Waals surface area contributed by atoms with Crippen LogP contribution in [-0.2, 0) is 4.74 Å². The molecule has 1 fully saturated rings. The molecule has 18 heavy (non-hydrogen) atoms. The maximum Gasteiger partial charge on any atom is 0.0826 e. The van der Waals surface area contributed by atoms with E-state index in [4.69, 9.17) is 4.74 Å². The van der Waals surface area contributed by atoms with Crippen LogP contribution in [0.2, 0.25) is 19.6 Å². The molecule has 2 atom stereocenters. The van der Waals surface area contributed by atoms with Crippen LogP contribution in [0.25, 0.3) is 0 Å². The van der Waals surface area contributed by atoms with Gasteiger partial charge in [0.1, 0.15) is 0 Å². The Morgan fingerprint density at radius 1 is 1.06 bits per heavy atom. The lowest BCUT2D eigenvalue weighted by Crippen LogP contribution is -2.38. The van der Waals surface area contributed by atoms with Gasteiger partial charge in [-0.2, -0.15) is 0 Å². The lowest BCUT2D eigenvalue weighted by atomic mass is 9.78. The molecule has 2 bridgehead atoms. The summed E-state index contributed by atoms with van der Waals surface area (Å²) >= 11 is 0. The van der Waals surface area contributed by atoms with E-state index in [0.717, 1.165) is 0 Å². The van der Waals surface area contributed by atoms with Crippen molar-refractivity contribution in [2.75, 3.05) is 0 Å². The molecule has 2 aliphatic heterocycles. The molecule has 0 aromatic carbocycles. The summed E-state index contributed by atoms with van der Waals surface area (Å²) in [5.74, 6) is 0. The lowest BCUT2D eigenvalue weighted by Gasteiger charge is -2.42. The zero-order chi connectivity index (χ0) is 12.8. The van der Waals surface area contributed by atoms with Gasteiger partial charge in [0, 0.05) is 0 Å². The predicted octanol–water partition coefficient (Wildman–Crippen LogP) is 4.61. The molecule has 0 spiro atoms. The summed E-state index contributed by atoms with van der Waals surface area (Å²) in [5, 5.41) is 0. The molecule has 2 heteroatoms. The molecule has 0 aromatic heterocycles. The summed E-state index contributed by atoms with van der Waals surface area (Å²) in [5.41, 5.74) is 7.69. The van der Waals surface area contributed by atoms with Gasteiger partial charge in [-0.05, 0) is 56.1 Å². The van der Waals surface area contributed by atoms with Crippen LogP contribution in [0.3, 0.4) is 0 Å². The van der Waals surface area contributed by atoms with Crippen LogP contribution in [0.5, 0.6) is 0 Å². The van der Waals surface area contributed by atoms with Gasteiger partial charge < -0.3 is 4.74 Å². The molecule has 2 heterocycles. The van der Waals surface area contributed by atoms with E-state index in [9.17, 15) is 0 Å². The Kier molecular flexibility index (Phi) is 3.27. The van der Waals surface area contributed by atoms with Crippen molar-refractivity contribution in [3.05, 3.63) is 22.4 Å². The molecule has 100 valence electrons. The summed E-state index contributed by atoms with van der Waals surface area (Å²) in [6, 6.07) is 0. The molecule has 1 nitrogen and oxygen atoms in total. The maximum absolute atomic E-state index is 6.35. The van der Waals surface area contributed by atoms with Crippen LogP contribution in [0, 0.1) is 0 Å². The summed E-state index contributed by atoms with van der Waals surface area (Å²) in [4.78, 5) is 0. The molecule has 1 aliphatic carbocycles. The first-order valence-electron chi connectivity index (χ1n) is 7.61. The van der Waals surface area contributed by atoms with Gasteiger partial charge in [-0.25, -0.2) is 0 Å². The fraction of sp³-hybridized carbons (Fsp3) is 0.750. The third-order valence-corrected chi connectivity index (χ3v) is 5.74. The van der Waals surface area contributed by atoms with Crippen molar-refractivity contribution in [2.45, 2.75) is 76.8 Å². The van der Waals surface area contributed by atoms with Gasteiger partial charge >= 0.3 is 0 Å². The number of fused-ring (bicyclic) bond motifs is 3. The number of rotatable bonds is 1. The lowest BCUT2D eigenvalue weighted by molar-refractivity contribution is -0.0136. The van der Waals surface area contributed by atoms with E-state index in [1.807, 2.05) is 0 Å². The van der Waals surface area contributed by atoms with Gasteiger partial charge in [0.25, 0.3) is 0 Å². The highest BCUT2D eigenvalue weighted by Gasteiger charge is 2.36. The minimum absolute atomic E-state index is 0.437. The monoisotopic (exact) mass is 262 g/mol.